The molecule has 8 heteroatoms. The highest BCUT2D eigenvalue weighted by Gasteiger charge is 2.11. The molecule has 0 saturated carbocycles. The second-order valence-electron chi connectivity index (χ2n) is 4.88. The molecule has 0 spiro atoms. The van der Waals surface area contributed by atoms with Crippen LogP contribution in [0.25, 0.3) is 0 Å². The molecule has 1 fully saturated rings. The topological polar surface area (TPSA) is 92.0 Å². The highest BCUT2D eigenvalue weighted by molar-refractivity contribution is 7.86. The number of morpholine rings is 1. The Hall–Kier alpha value is -1.57. The van der Waals surface area contributed by atoms with Gasteiger partial charge in [-0.3, -0.25) is 9.08 Å². The second kappa shape index (κ2) is 10.3. The Balaban J connectivity index is 0.000000231. The van der Waals surface area contributed by atoms with Crippen molar-refractivity contribution in [3.05, 3.63) is 29.8 Å². The van der Waals surface area contributed by atoms with Crippen LogP contribution in [-0.2, 0) is 19.0 Å². The Kier molecular flexibility index (Phi) is 8.68. The van der Waals surface area contributed by atoms with Crippen LogP contribution < -0.4 is 0 Å². The SMILES string of the molecule is COS(=O)(=O)c1ccc(C)cc1.N=C=NCCN1CCOCC1. The van der Waals surface area contributed by atoms with Crippen LogP contribution in [0.1, 0.15) is 5.56 Å². The molecule has 2 rings (SSSR count). The van der Waals surface area contributed by atoms with E-state index in [1.807, 2.05) is 12.9 Å². The number of rotatable bonds is 5. The lowest BCUT2D eigenvalue weighted by atomic mass is 10.2. The van der Waals surface area contributed by atoms with Gasteiger partial charge < -0.3 is 4.74 Å². The zero-order valence-electron chi connectivity index (χ0n) is 13.5. The fraction of sp³-hybridized carbons (Fsp3) is 0.533. The normalized spacial score (nSPS) is 15.2. The molecular formula is C15H23N3O4S. The van der Waals surface area contributed by atoms with Gasteiger partial charge in [0, 0.05) is 19.6 Å². The molecule has 1 aromatic carbocycles. The summed E-state index contributed by atoms with van der Waals surface area (Å²) in [7, 11) is -2.37. The Bertz CT molecular complexity index is 604. The predicted molar refractivity (Wildman–Crippen MR) is 87.7 cm³/mol. The summed E-state index contributed by atoms with van der Waals surface area (Å²) in [4.78, 5) is 6.17. The van der Waals surface area contributed by atoms with E-state index in [1.54, 1.807) is 12.1 Å². The number of aryl methyl sites for hydroxylation is 1. The zero-order chi connectivity index (χ0) is 17.1. The summed E-state index contributed by atoms with van der Waals surface area (Å²) >= 11 is 0. The van der Waals surface area contributed by atoms with Crippen molar-refractivity contribution in [2.75, 3.05) is 46.5 Å². The van der Waals surface area contributed by atoms with E-state index in [4.69, 9.17) is 10.1 Å². The summed E-state index contributed by atoms with van der Waals surface area (Å²) in [5.74, 6) is 0. The lowest BCUT2D eigenvalue weighted by molar-refractivity contribution is 0.0395. The van der Waals surface area contributed by atoms with Gasteiger partial charge in [0.05, 0.1) is 37.8 Å². The van der Waals surface area contributed by atoms with Crippen LogP contribution in [0.3, 0.4) is 0 Å². The molecule has 1 N–H and O–H groups in total. The second-order valence-corrected chi connectivity index (χ2v) is 6.59. The zero-order valence-corrected chi connectivity index (χ0v) is 14.3. The van der Waals surface area contributed by atoms with Crippen molar-refractivity contribution in [2.24, 2.45) is 4.99 Å². The first-order valence-electron chi connectivity index (χ1n) is 7.25. The van der Waals surface area contributed by atoms with E-state index in [-0.39, 0.29) is 4.90 Å². The third-order valence-electron chi connectivity index (χ3n) is 3.24. The van der Waals surface area contributed by atoms with Crippen molar-refractivity contribution in [2.45, 2.75) is 11.8 Å². The molecule has 0 radical (unpaired) electrons. The van der Waals surface area contributed by atoms with Gasteiger partial charge in [-0.1, -0.05) is 17.7 Å². The highest BCUT2D eigenvalue weighted by atomic mass is 32.2. The number of hydrogen-bond acceptors (Lipinski definition) is 7. The standard InChI is InChI=1S/C8H10O3S.C7H13N3O/c1-7-3-5-8(6-4-7)12(9,10)11-2;8-7-9-1-2-10-3-5-11-6-4-10/h3-6H,1-2H3;8H,1-6H2. The smallest absolute Gasteiger partial charge is 0.296 e. The van der Waals surface area contributed by atoms with E-state index in [1.165, 1.54) is 12.1 Å². The largest absolute Gasteiger partial charge is 0.379 e. The van der Waals surface area contributed by atoms with Crippen LogP contribution in [0.2, 0.25) is 0 Å². The van der Waals surface area contributed by atoms with Gasteiger partial charge in [0.1, 0.15) is 0 Å². The molecule has 1 heterocycles. The molecule has 1 aromatic rings. The number of benzene rings is 1. The molecule has 0 amide bonds. The summed E-state index contributed by atoms with van der Waals surface area (Å²) in [5.41, 5.74) is 1.02. The van der Waals surface area contributed by atoms with E-state index in [0.29, 0.717) is 6.54 Å². The van der Waals surface area contributed by atoms with E-state index in [2.05, 4.69) is 14.1 Å². The van der Waals surface area contributed by atoms with Gasteiger partial charge in [-0.15, -0.1) is 0 Å². The number of nitrogens with zero attached hydrogens (tertiary/aromatic N) is 2. The molecule has 128 valence electrons. The molecule has 0 unspecified atom stereocenters. The van der Waals surface area contributed by atoms with E-state index >= 15 is 0 Å². The van der Waals surface area contributed by atoms with Crippen LogP contribution in [-0.4, -0.2) is 65.8 Å². The van der Waals surface area contributed by atoms with Gasteiger partial charge in [-0.2, -0.15) is 8.42 Å². The Morgan fingerprint density at radius 3 is 2.43 bits per heavy atom. The quantitative estimate of drug-likeness (QED) is 0.645. The molecule has 0 bridgehead atoms. The maximum Gasteiger partial charge on any atom is 0.296 e. The van der Waals surface area contributed by atoms with Gasteiger partial charge >= 0.3 is 0 Å². The maximum atomic E-state index is 11.1. The summed E-state index contributed by atoms with van der Waals surface area (Å²) < 4.78 is 31.7. The van der Waals surface area contributed by atoms with E-state index < -0.39 is 10.1 Å². The fourth-order valence-electron chi connectivity index (χ4n) is 1.87. The number of nitrogens with one attached hydrogen (secondary N) is 1. The molecule has 23 heavy (non-hydrogen) atoms. The highest BCUT2D eigenvalue weighted by Crippen LogP contribution is 2.11. The molecule has 0 aromatic heterocycles. The fourth-order valence-corrected chi connectivity index (χ4v) is 2.54. The predicted octanol–water partition coefficient (Wildman–Crippen LogP) is 1.40. The molecule has 0 aliphatic carbocycles. The van der Waals surface area contributed by atoms with Crippen molar-refractivity contribution in [3.63, 3.8) is 0 Å². The summed E-state index contributed by atoms with van der Waals surface area (Å²) in [6.45, 7) is 7.14. The third-order valence-corrected chi connectivity index (χ3v) is 4.53. The molecule has 1 saturated heterocycles. The number of aliphatic imine (C=N–C) groups is 1. The minimum Gasteiger partial charge on any atom is -0.379 e. The van der Waals surface area contributed by atoms with Gasteiger partial charge in [-0.25, -0.2) is 10.4 Å². The summed E-state index contributed by atoms with van der Waals surface area (Å²) in [6.07, 6.45) is 0. The number of ether oxygens (including phenoxy) is 1. The first-order chi connectivity index (χ1) is 11.0. The Labute approximate surface area is 137 Å². The Morgan fingerprint density at radius 2 is 1.91 bits per heavy atom. The van der Waals surface area contributed by atoms with E-state index in [0.717, 1.165) is 45.5 Å². The molecule has 1 aliphatic rings. The van der Waals surface area contributed by atoms with E-state index in [9.17, 15) is 8.42 Å². The van der Waals surface area contributed by atoms with Crippen molar-refractivity contribution in [1.29, 1.82) is 5.41 Å². The van der Waals surface area contributed by atoms with Crippen molar-refractivity contribution in [3.8, 4) is 0 Å². The van der Waals surface area contributed by atoms with Crippen molar-refractivity contribution < 1.29 is 17.3 Å². The monoisotopic (exact) mass is 341 g/mol. The number of hydrogen-bond donors (Lipinski definition) is 1. The van der Waals surface area contributed by atoms with Gasteiger partial charge in [0.25, 0.3) is 10.1 Å². The van der Waals surface area contributed by atoms with Crippen LogP contribution in [0, 0.1) is 12.3 Å². The first-order valence-corrected chi connectivity index (χ1v) is 8.66. The van der Waals surface area contributed by atoms with Crippen molar-refractivity contribution >= 4 is 16.1 Å². The maximum absolute atomic E-state index is 11.1. The molecule has 0 atom stereocenters. The molecule has 7 nitrogen and oxygen atoms in total. The first kappa shape index (κ1) is 19.5. The minimum atomic E-state index is -3.51. The van der Waals surface area contributed by atoms with Gasteiger partial charge in [0.15, 0.2) is 0 Å². The van der Waals surface area contributed by atoms with Crippen LogP contribution in [0.4, 0.5) is 0 Å². The average Bonchev–Trinajstić information content (AvgIpc) is 2.57. The minimum absolute atomic E-state index is 0.190. The summed E-state index contributed by atoms with van der Waals surface area (Å²) in [5, 5.41) is 6.56. The molecular weight excluding hydrogens is 318 g/mol. The van der Waals surface area contributed by atoms with Gasteiger partial charge in [-0.05, 0) is 19.1 Å². The van der Waals surface area contributed by atoms with Crippen LogP contribution in [0.15, 0.2) is 34.2 Å². The van der Waals surface area contributed by atoms with Crippen LogP contribution in [0.5, 0.6) is 0 Å². The lowest BCUT2D eigenvalue weighted by Gasteiger charge is -2.25. The average molecular weight is 341 g/mol. The lowest BCUT2D eigenvalue weighted by Crippen LogP contribution is -2.37. The third kappa shape index (κ3) is 7.49. The summed E-state index contributed by atoms with van der Waals surface area (Å²) in [6, 6.07) is 8.52. The van der Waals surface area contributed by atoms with Crippen molar-refractivity contribution in [1.82, 2.24) is 4.90 Å². The molecule has 1 aliphatic heterocycles. The Morgan fingerprint density at radius 1 is 1.30 bits per heavy atom. The van der Waals surface area contributed by atoms with Crippen LogP contribution >= 0.6 is 0 Å². The van der Waals surface area contributed by atoms with Gasteiger partial charge in [0.2, 0.25) is 0 Å².